The second-order valence-electron chi connectivity index (χ2n) is 4.63. The Hall–Kier alpha value is -3.42. The number of fused-ring (bicyclic) bond motifs is 2. The van der Waals surface area contributed by atoms with E-state index in [2.05, 4.69) is 0 Å². The Balaban J connectivity index is 2.22. The van der Waals surface area contributed by atoms with Crippen molar-refractivity contribution in [1.29, 1.82) is 0 Å². The molecule has 0 unspecified atom stereocenters. The number of nitrogens with zero attached hydrogens (tertiary/aromatic N) is 2. The maximum atomic E-state index is 12.4. The van der Waals surface area contributed by atoms with Crippen LogP contribution < -0.4 is 0 Å². The Morgan fingerprint density at radius 3 is 1.32 bits per heavy atom. The molecule has 108 valence electrons. The second kappa shape index (κ2) is 4.55. The van der Waals surface area contributed by atoms with Crippen molar-refractivity contribution in [3.8, 4) is 0 Å². The third-order valence-electron chi connectivity index (χ3n) is 3.41. The lowest BCUT2D eigenvalue weighted by Gasteiger charge is -2.16. The van der Waals surface area contributed by atoms with Crippen molar-refractivity contribution in [1.82, 2.24) is 0 Å². The minimum Gasteiger partial charge on any atom is -0.289 e. The number of carbonyl (C=O) groups excluding carboxylic acids is 2. The first kappa shape index (κ1) is 13.6. The van der Waals surface area contributed by atoms with Crippen LogP contribution in [0.4, 0.5) is 11.4 Å². The van der Waals surface area contributed by atoms with E-state index in [0.717, 1.165) is 24.3 Å². The van der Waals surface area contributed by atoms with Gasteiger partial charge < -0.3 is 0 Å². The van der Waals surface area contributed by atoms with Gasteiger partial charge in [-0.25, -0.2) is 0 Å². The molecule has 1 aliphatic carbocycles. The molecular formula is C14H6N2O6. The Labute approximate surface area is 122 Å². The zero-order valence-electron chi connectivity index (χ0n) is 10.8. The maximum absolute atomic E-state index is 12.4. The first-order chi connectivity index (χ1) is 10.4. The van der Waals surface area contributed by atoms with Crippen LogP contribution in [-0.4, -0.2) is 21.4 Å². The van der Waals surface area contributed by atoms with Crippen LogP contribution >= 0.6 is 0 Å². The number of nitro benzene ring substituents is 2. The molecule has 0 amide bonds. The van der Waals surface area contributed by atoms with Gasteiger partial charge in [-0.15, -0.1) is 0 Å². The van der Waals surface area contributed by atoms with Crippen molar-refractivity contribution < 1.29 is 19.4 Å². The standard InChI is InChI=1S/C14H6N2O6/c17-13-9-3-1-7(15(19)20)5-11(9)14(18)10-4-2-8(16(21)22)6-12(10)13/h1-6H. The van der Waals surface area contributed by atoms with Crippen LogP contribution in [0.1, 0.15) is 31.8 Å². The summed E-state index contributed by atoms with van der Waals surface area (Å²) in [5.74, 6) is -1.13. The fourth-order valence-corrected chi connectivity index (χ4v) is 2.35. The number of rotatable bonds is 2. The van der Waals surface area contributed by atoms with E-state index in [9.17, 15) is 29.8 Å². The van der Waals surface area contributed by atoms with E-state index >= 15 is 0 Å². The third kappa shape index (κ3) is 1.85. The molecule has 0 saturated carbocycles. The molecule has 0 aliphatic heterocycles. The van der Waals surface area contributed by atoms with Crippen LogP contribution in [0.15, 0.2) is 36.4 Å². The van der Waals surface area contributed by atoms with Crippen molar-refractivity contribution in [2.45, 2.75) is 0 Å². The largest absolute Gasteiger partial charge is 0.289 e. The SMILES string of the molecule is O=C1c2ccc([N+](=O)[O-])cc2C(=O)c2ccc([N+](=O)[O-])cc21. The number of nitro groups is 2. The van der Waals surface area contributed by atoms with Gasteiger partial charge in [-0.1, -0.05) is 0 Å². The average molecular weight is 298 g/mol. The van der Waals surface area contributed by atoms with Crippen LogP contribution in [0.5, 0.6) is 0 Å². The van der Waals surface area contributed by atoms with Gasteiger partial charge in [-0.2, -0.15) is 0 Å². The second-order valence-corrected chi connectivity index (χ2v) is 4.63. The molecule has 0 bridgehead atoms. The van der Waals surface area contributed by atoms with Crippen molar-refractivity contribution in [3.63, 3.8) is 0 Å². The summed E-state index contributed by atoms with van der Waals surface area (Å²) >= 11 is 0. The molecule has 2 aromatic carbocycles. The van der Waals surface area contributed by atoms with Gasteiger partial charge in [0.05, 0.1) is 9.85 Å². The van der Waals surface area contributed by atoms with Gasteiger partial charge in [-0.05, 0) is 12.1 Å². The van der Waals surface area contributed by atoms with Gasteiger partial charge in [0.2, 0.25) is 0 Å². The van der Waals surface area contributed by atoms with E-state index < -0.39 is 21.4 Å². The zero-order valence-corrected chi connectivity index (χ0v) is 10.8. The molecule has 0 fully saturated rings. The highest BCUT2D eigenvalue weighted by molar-refractivity contribution is 6.28. The van der Waals surface area contributed by atoms with Gasteiger partial charge in [0.25, 0.3) is 11.4 Å². The summed E-state index contributed by atoms with van der Waals surface area (Å²) in [5, 5.41) is 21.5. The molecule has 8 heteroatoms. The minimum absolute atomic E-state index is 0.00333. The van der Waals surface area contributed by atoms with Gasteiger partial charge in [0.15, 0.2) is 11.6 Å². The fourth-order valence-electron chi connectivity index (χ4n) is 2.35. The van der Waals surface area contributed by atoms with E-state index in [1.165, 1.54) is 12.1 Å². The molecule has 0 heterocycles. The molecule has 0 N–H and O–H groups in total. The van der Waals surface area contributed by atoms with Crippen LogP contribution in [0.25, 0.3) is 0 Å². The number of benzene rings is 2. The van der Waals surface area contributed by atoms with Crippen LogP contribution in [0.3, 0.4) is 0 Å². The van der Waals surface area contributed by atoms with E-state index in [4.69, 9.17) is 0 Å². The molecular weight excluding hydrogens is 292 g/mol. The highest BCUT2D eigenvalue weighted by Gasteiger charge is 2.32. The highest BCUT2D eigenvalue weighted by atomic mass is 16.6. The van der Waals surface area contributed by atoms with E-state index in [1.54, 1.807) is 0 Å². The molecule has 2 aromatic rings. The lowest BCUT2D eigenvalue weighted by Crippen LogP contribution is -2.21. The highest BCUT2D eigenvalue weighted by Crippen LogP contribution is 2.31. The Bertz CT molecular complexity index is 813. The summed E-state index contributed by atoms with van der Waals surface area (Å²) in [6.45, 7) is 0. The molecule has 0 radical (unpaired) electrons. The van der Waals surface area contributed by atoms with Crippen molar-refractivity contribution in [2.24, 2.45) is 0 Å². The molecule has 3 rings (SSSR count). The monoisotopic (exact) mass is 298 g/mol. The van der Waals surface area contributed by atoms with Crippen LogP contribution in [0.2, 0.25) is 0 Å². The molecule has 22 heavy (non-hydrogen) atoms. The first-order valence-electron chi connectivity index (χ1n) is 6.06. The van der Waals surface area contributed by atoms with E-state index in [-0.39, 0.29) is 33.6 Å². The van der Waals surface area contributed by atoms with Gasteiger partial charge >= 0.3 is 0 Å². The zero-order chi connectivity index (χ0) is 16.0. The predicted molar refractivity (Wildman–Crippen MR) is 73.1 cm³/mol. The third-order valence-corrected chi connectivity index (χ3v) is 3.41. The summed E-state index contributed by atoms with van der Waals surface area (Å²) in [4.78, 5) is 45.0. The summed E-state index contributed by atoms with van der Waals surface area (Å²) in [6, 6.07) is 6.70. The average Bonchev–Trinajstić information content (AvgIpc) is 2.51. The number of carbonyl (C=O) groups is 2. The predicted octanol–water partition coefficient (Wildman–Crippen LogP) is 2.28. The first-order valence-corrected chi connectivity index (χ1v) is 6.06. The van der Waals surface area contributed by atoms with Crippen molar-refractivity contribution >= 4 is 22.9 Å². The normalized spacial score (nSPS) is 12.5. The summed E-state index contributed by atoms with van der Waals surface area (Å²) in [7, 11) is 0. The summed E-state index contributed by atoms with van der Waals surface area (Å²) in [6.07, 6.45) is 0. The number of ketones is 2. The lowest BCUT2D eigenvalue weighted by atomic mass is 9.83. The topological polar surface area (TPSA) is 120 Å². The fraction of sp³-hybridized carbons (Fsp3) is 0. The Morgan fingerprint density at radius 2 is 1.00 bits per heavy atom. The molecule has 8 nitrogen and oxygen atoms in total. The quantitative estimate of drug-likeness (QED) is 0.528. The molecule has 0 spiro atoms. The number of non-ortho nitro benzene ring substituents is 2. The molecule has 1 aliphatic rings. The summed E-state index contributed by atoms with van der Waals surface area (Å²) < 4.78 is 0. The van der Waals surface area contributed by atoms with Crippen LogP contribution in [0, 0.1) is 20.2 Å². The number of hydrogen-bond acceptors (Lipinski definition) is 6. The number of hydrogen-bond donors (Lipinski definition) is 0. The van der Waals surface area contributed by atoms with E-state index in [0.29, 0.717) is 0 Å². The van der Waals surface area contributed by atoms with Gasteiger partial charge in [-0.3, -0.25) is 29.8 Å². The van der Waals surface area contributed by atoms with E-state index in [1.807, 2.05) is 0 Å². The van der Waals surface area contributed by atoms with Crippen molar-refractivity contribution in [2.75, 3.05) is 0 Å². The van der Waals surface area contributed by atoms with Crippen LogP contribution in [-0.2, 0) is 0 Å². The molecule has 0 aromatic heterocycles. The lowest BCUT2D eigenvalue weighted by molar-refractivity contribution is -0.385. The molecule has 0 saturated heterocycles. The van der Waals surface area contributed by atoms with Gasteiger partial charge in [0.1, 0.15) is 0 Å². The van der Waals surface area contributed by atoms with Crippen molar-refractivity contribution in [3.05, 3.63) is 78.9 Å². The minimum atomic E-state index is -0.663. The Morgan fingerprint density at radius 1 is 0.636 bits per heavy atom. The Kier molecular flexibility index (Phi) is 2.81. The molecule has 0 atom stereocenters. The maximum Gasteiger partial charge on any atom is 0.270 e. The van der Waals surface area contributed by atoms with Gasteiger partial charge in [0, 0.05) is 46.5 Å². The summed E-state index contributed by atoms with van der Waals surface area (Å²) in [5.41, 5.74) is -0.733. The smallest absolute Gasteiger partial charge is 0.270 e.